The van der Waals surface area contributed by atoms with Crippen LogP contribution in [0.1, 0.15) is 38.7 Å². The summed E-state index contributed by atoms with van der Waals surface area (Å²) in [5.74, 6) is 0.140. The first-order valence-electron chi connectivity index (χ1n) is 8.13. The Morgan fingerprint density at radius 1 is 1.22 bits per heavy atom. The Kier molecular flexibility index (Phi) is 5.64. The number of benzene rings is 1. The first kappa shape index (κ1) is 17.3. The SMILES string of the molecule is CCOC(=O)CC1(Cc2ccc(O)cc2)CCN(C(C)=O)CC1. The second kappa shape index (κ2) is 7.49. The summed E-state index contributed by atoms with van der Waals surface area (Å²) >= 11 is 0. The number of phenolic OH excluding ortho intramolecular Hbond substituents is 1. The molecule has 126 valence electrons. The van der Waals surface area contributed by atoms with Crippen LogP contribution in [0.5, 0.6) is 5.75 Å². The molecule has 5 nitrogen and oxygen atoms in total. The average molecular weight is 319 g/mol. The minimum Gasteiger partial charge on any atom is -0.508 e. The Morgan fingerprint density at radius 3 is 2.35 bits per heavy atom. The molecule has 1 amide bonds. The maximum atomic E-state index is 12.0. The molecule has 1 aliphatic rings. The van der Waals surface area contributed by atoms with Crippen LogP contribution in [0, 0.1) is 5.41 Å². The van der Waals surface area contributed by atoms with Crippen molar-refractivity contribution < 1.29 is 19.4 Å². The Hall–Kier alpha value is -2.04. The van der Waals surface area contributed by atoms with Gasteiger partial charge in [0, 0.05) is 20.0 Å². The molecule has 1 heterocycles. The van der Waals surface area contributed by atoms with Crippen molar-refractivity contribution in [3.8, 4) is 5.75 Å². The molecule has 5 heteroatoms. The predicted octanol–water partition coefficient (Wildman–Crippen LogP) is 2.52. The van der Waals surface area contributed by atoms with Crippen LogP contribution in [0.3, 0.4) is 0 Å². The Labute approximate surface area is 137 Å². The molecule has 2 rings (SSSR count). The summed E-state index contributed by atoms with van der Waals surface area (Å²) in [6, 6.07) is 7.11. The molecule has 23 heavy (non-hydrogen) atoms. The lowest BCUT2D eigenvalue weighted by Crippen LogP contribution is -2.44. The smallest absolute Gasteiger partial charge is 0.306 e. The van der Waals surface area contributed by atoms with Crippen molar-refractivity contribution in [2.75, 3.05) is 19.7 Å². The number of esters is 1. The number of aromatic hydroxyl groups is 1. The maximum Gasteiger partial charge on any atom is 0.306 e. The van der Waals surface area contributed by atoms with Crippen molar-refractivity contribution in [3.63, 3.8) is 0 Å². The molecule has 1 aromatic carbocycles. The lowest BCUT2D eigenvalue weighted by molar-refractivity contribution is -0.147. The highest BCUT2D eigenvalue weighted by molar-refractivity contribution is 5.73. The van der Waals surface area contributed by atoms with E-state index in [1.54, 1.807) is 19.1 Å². The van der Waals surface area contributed by atoms with Crippen LogP contribution in [0.15, 0.2) is 24.3 Å². The van der Waals surface area contributed by atoms with Crippen LogP contribution in [-0.4, -0.2) is 41.6 Å². The fraction of sp³-hybridized carbons (Fsp3) is 0.556. The van der Waals surface area contributed by atoms with Gasteiger partial charge in [0.15, 0.2) is 0 Å². The quantitative estimate of drug-likeness (QED) is 0.847. The lowest BCUT2D eigenvalue weighted by atomic mass is 9.71. The number of nitrogens with zero attached hydrogens (tertiary/aromatic N) is 1. The first-order valence-corrected chi connectivity index (χ1v) is 8.13. The van der Waals surface area contributed by atoms with Gasteiger partial charge in [-0.25, -0.2) is 0 Å². The summed E-state index contributed by atoms with van der Waals surface area (Å²) in [5, 5.41) is 9.42. The van der Waals surface area contributed by atoms with Gasteiger partial charge in [0.1, 0.15) is 5.75 Å². The molecular weight excluding hydrogens is 294 g/mol. The minimum atomic E-state index is -0.185. The molecule has 1 N–H and O–H groups in total. The van der Waals surface area contributed by atoms with E-state index in [0.717, 1.165) is 24.8 Å². The fourth-order valence-electron chi connectivity index (χ4n) is 3.28. The summed E-state index contributed by atoms with van der Waals surface area (Å²) in [5.41, 5.74) is 0.901. The van der Waals surface area contributed by atoms with Gasteiger partial charge in [-0.1, -0.05) is 12.1 Å². The summed E-state index contributed by atoms with van der Waals surface area (Å²) in [7, 11) is 0. The number of ether oxygens (including phenoxy) is 1. The van der Waals surface area contributed by atoms with E-state index in [2.05, 4.69) is 0 Å². The second-order valence-electron chi connectivity index (χ2n) is 6.33. The molecule has 0 bridgehead atoms. The standard InChI is InChI=1S/C18H25NO4/c1-3-23-17(22)13-18(8-10-19(11-9-18)14(2)20)12-15-4-6-16(21)7-5-15/h4-7,21H,3,8-13H2,1-2H3. The second-order valence-corrected chi connectivity index (χ2v) is 6.33. The molecule has 1 aliphatic heterocycles. The van der Waals surface area contributed by atoms with Gasteiger partial charge in [-0.05, 0) is 49.3 Å². The van der Waals surface area contributed by atoms with Crippen LogP contribution in [0.2, 0.25) is 0 Å². The molecule has 1 saturated heterocycles. The van der Waals surface area contributed by atoms with Crippen molar-refractivity contribution in [2.24, 2.45) is 5.41 Å². The highest BCUT2D eigenvalue weighted by Crippen LogP contribution is 2.39. The minimum absolute atomic E-state index is 0.0827. The van der Waals surface area contributed by atoms with Crippen LogP contribution in [0.25, 0.3) is 0 Å². The van der Waals surface area contributed by atoms with Crippen LogP contribution < -0.4 is 0 Å². The van der Waals surface area contributed by atoms with Crippen molar-refractivity contribution in [2.45, 2.75) is 39.5 Å². The van der Waals surface area contributed by atoms with E-state index in [1.807, 2.05) is 24.0 Å². The Morgan fingerprint density at radius 2 is 1.83 bits per heavy atom. The van der Waals surface area contributed by atoms with E-state index >= 15 is 0 Å². The van der Waals surface area contributed by atoms with Crippen LogP contribution in [-0.2, 0) is 20.7 Å². The first-order chi connectivity index (χ1) is 10.9. The average Bonchev–Trinajstić information content (AvgIpc) is 2.50. The van der Waals surface area contributed by atoms with Gasteiger partial charge in [0.2, 0.25) is 5.91 Å². The Balaban J connectivity index is 2.13. The third-order valence-electron chi connectivity index (χ3n) is 4.61. The molecule has 0 atom stereocenters. The third kappa shape index (κ3) is 4.71. The van der Waals surface area contributed by atoms with Crippen molar-refractivity contribution in [3.05, 3.63) is 29.8 Å². The number of likely N-dealkylation sites (tertiary alicyclic amines) is 1. The topological polar surface area (TPSA) is 66.8 Å². The molecule has 1 fully saturated rings. The number of hydrogen-bond donors (Lipinski definition) is 1. The zero-order valence-electron chi connectivity index (χ0n) is 13.9. The summed E-state index contributed by atoms with van der Waals surface area (Å²) in [6.07, 6.45) is 2.68. The van der Waals surface area contributed by atoms with Gasteiger partial charge in [0.25, 0.3) is 0 Å². The molecule has 0 unspecified atom stereocenters. The molecular formula is C18H25NO4. The van der Waals surface area contributed by atoms with E-state index in [9.17, 15) is 14.7 Å². The van der Waals surface area contributed by atoms with E-state index in [-0.39, 0.29) is 23.0 Å². The highest BCUT2D eigenvalue weighted by atomic mass is 16.5. The molecule has 0 saturated carbocycles. The van der Waals surface area contributed by atoms with E-state index in [0.29, 0.717) is 26.1 Å². The lowest BCUT2D eigenvalue weighted by Gasteiger charge is -2.41. The largest absolute Gasteiger partial charge is 0.508 e. The van der Waals surface area contributed by atoms with Gasteiger partial charge >= 0.3 is 5.97 Å². The normalized spacial score (nSPS) is 16.9. The molecule has 0 spiro atoms. The molecule has 0 radical (unpaired) electrons. The van der Waals surface area contributed by atoms with Gasteiger partial charge in [-0.2, -0.15) is 0 Å². The molecule has 0 aromatic heterocycles. The van der Waals surface area contributed by atoms with E-state index in [4.69, 9.17) is 4.74 Å². The predicted molar refractivity (Wildman–Crippen MR) is 87.0 cm³/mol. The number of carbonyl (C=O) groups is 2. The summed E-state index contributed by atoms with van der Waals surface area (Å²) in [6.45, 7) is 5.12. The number of carbonyl (C=O) groups excluding carboxylic acids is 2. The van der Waals surface area contributed by atoms with Gasteiger partial charge in [-0.3, -0.25) is 9.59 Å². The van der Waals surface area contributed by atoms with Crippen LogP contribution in [0.4, 0.5) is 0 Å². The Bertz CT molecular complexity index is 545. The zero-order valence-corrected chi connectivity index (χ0v) is 13.9. The van der Waals surface area contributed by atoms with Crippen molar-refractivity contribution >= 4 is 11.9 Å². The number of piperidine rings is 1. The van der Waals surface area contributed by atoms with E-state index in [1.165, 1.54) is 0 Å². The van der Waals surface area contributed by atoms with Gasteiger partial charge < -0.3 is 14.7 Å². The number of amides is 1. The number of hydrogen-bond acceptors (Lipinski definition) is 4. The molecule has 1 aromatic rings. The summed E-state index contributed by atoms with van der Waals surface area (Å²) < 4.78 is 5.14. The monoisotopic (exact) mass is 319 g/mol. The summed E-state index contributed by atoms with van der Waals surface area (Å²) in [4.78, 5) is 25.4. The number of phenols is 1. The zero-order chi connectivity index (χ0) is 16.9. The van der Waals surface area contributed by atoms with Gasteiger partial charge in [0.05, 0.1) is 13.0 Å². The van der Waals surface area contributed by atoms with E-state index < -0.39 is 0 Å². The third-order valence-corrected chi connectivity index (χ3v) is 4.61. The fourth-order valence-corrected chi connectivity index (χ4v) is 3.28. The molecule has 0 aliphatic carbocycles. The van der Waals surface area contributed by atoms with Crippen LogP contribution >= 0.6 is 0 Å². The van der Waals surface area contributed by atoms with Crippen molar-refractivity contribution in [1.82, 2.24) is 4.90 Å². The van der Waals surface area contributed by atoms with Gasteiger partial charge in [-0.15, -0.1) is 0 Å². The van der Waals surface area contributed by atoms with Crippen molar-refractivity contribution in [1.29, 1.82) is 0 Å². The highest BCUT2D eigenvalue weighted by Gasteiger charge is 2.37. The maximum absolute atomic E-state index is 12.0. The number of rotatable bonds is 5.